The van der Waals surface area contributed by atoms with Gasteiger partial charge in [0.05, 0.1) is 36.7 Å². The maximum Gasteiger partial charge on any atom is 0.360 e. The molecule has 2 aliphatic heterocycles. The third-order valence-electron chi connectivity index (χ3n) is 13.5. The van der Waals surface area contributed by atoms with Crippen molar-refractivity contribution in [3.8, 4) is 5.75 Å². The minimum absolute atomic E-state index is 0.0285. The highest BCUT2D eigenvalue weighted by molar-refractivity contribution is 7.90. The maximum absolute atomic E-state index is 13.7. The first kappa shape index (κ1) is 38.7. The molecule has 2 saturated carbocycles. The van der Waals surface area contributed by atoms with Crippen LogP contribution in [0.3, 0.4) is 0 Å². The summed E-state index contributed by atoms with van der Waals surface area (Å²) in [6, 6.07) is 5.25. The standard InChI is InChI=1S/C41H52ClN3O8S/c1-25-9-7-17-41(51-6,21-35-43-36(26(2)53-35)38(47)50-5)32-13-11-29(32)22-45-23-40(16-8-10-30-20-31(42)15-18-39(30,40)4)24-52-34-14-12-28(19-33(34)45)37(46)44-54(48,49)27(25)3/h7,12,14-15,17,19-20,25,27,29,32H,8-11,13,16,18,21-24H2,1-6H3,(H,44,46)/b17-7+/t25-,27+,29-,32+,39?,40-,41+/m0/s1. The molecule has 2 bridgehead atoms. The molecule has 0 saturated heterocycles. The number of aromatic nitrogens is 1. The lowest BCUT2D eigenvalue weighted by Gasteiger charge is -2.55. The van der Waals surface area contributed by atoms with Crippen molar-refractivity contribution in [2.45, 2.75) is 89.9 Å². The van der Waals surface area contributed by atoms with Crippen LogP contribution in [-0.4, -0.2) is 70.0 Å². The summed E-state index contributed by atoms with van der Waals surface area (Å²) in [4.78, 5) is 33.1. The molecule has 1 spiro atoms. The average Bonchev–Trinajstić information content (AvgIpc) is 3.41. The highest BCUT2D eigenvalue weighted by atomic mass is 35.5. The van der Waals surface area contributed by atoms with Crippen LogP contribution in [-0.2, 0) is 25.9 Å². The van der Waals surface area contributed by atoms with E-state index in [1.54, 1.807) is 33.1 Å². The number of amides is 1. The molecule has 1 aromatic carbocycles. The van der Waals surface area contributed by atoms with Crippen LogP contribution in [0.4, 0.5) is 5.69 Å². The van der Waals surface area contributed by atoms with Gasteiger partial charge in [-0.1, -0.05) is 49.2 Å². The number of sulfonamides is 1. The number of aryl methyl sites for hydroxylation is 1. The number of carbonyl (C=O) groups excluding carboxylic acids is 2. The fourth-order valence-electron chi connectivity index (χ4n) is 9.63. The van der Waals surface area contributed by atoms with E-state index in [-0.39, 0.29) is 46.3 Å². The Labute approximate surface area is 323 Å². The third-order valence-corrected chi connectivity index (χ3v) is 15.7. The van der Waals surface area contributed by atoms with Crippen LogP contribution in [0.2, 0.25) is 0 Å². The van der Waals surface area contributed by atoms with E-state index >= 15 is 0 Å². The highest BCUT2D eigenvalue weighted by Crippen LogP contribution is 2.60. The fourth-order valence-corrected chi connectivity index (χ4v) is 11.1. The molecule has 11 nitrogen and oxygen atoms in total. The molecule has 5 aliphatic rings. The monoisotopic (exact) mass is 781 g/mol. The number of ether oxygens (including phenoxy) is 3. The molecule has 3 heterocycles. The fraction of sp³-hybridized carbons (Fsp3) is 0.585. The molecule has 3 aliphatic carbocycles. The second kappa shape index (κ2) is 14.5. The topological polar surface area (TPSA) is 137 Å². The van der Waals surface area contributed by atoms with Crippen molar-refractivity contribution in [1.29, 1.82) is 0 Å². The predicted octanol–water partition coefficient (Wildman–Crippen LogP) is 7.30. The zero-order valence-corrected chi connectivity index (χ0v) is 33.6. The van der Waals surface area contributed by atoms with E-state index in [1.807, 2.05) is 25.1 Å². The van der Waals surface area contributed by atoms with Gasteiger partial charge in [0.1, 0.15) is 11.5 Å². The van der Waals surface area contributed by atoms with Gasteiger partial charge in [0.2, 0.25) is 10.0 Å². The van der Waals surface area contributed by atoms with Gasteiger partial charge >= 0.3 is 5.97 Å². The minimum Gasteiger partial charge on any atom is -0.491 e. The van der Waals surface area contributed by atoms with Gasteiger partial charge in [-0.2, -0.15) is 0 Å². The van der Waals surface area contributed by atoms with Crippen LogP contribution in [0.1, 0.15) is 98.2 Å². The number of benzene rings is 1. The number of nitrogens with one attached hydrogen (secondary N) is 1. The Hall–Kier alpha value is -3.61. The molecule has 2 aromatic rings. The third kappa shape index (κ3) is 6.70. The van der Waals surface area contributed by atoms with Crippen molar-refractivity contribution in [2.75, 3.05) is 38.8 Å². The summed E-state index contributed by atoms with van der Waals surface area (Å²) in [7, 11) is -1.03. The molecule has 1 N–H and O–H groups in total. The first-order valence-corrected chi connectivity index (χ1v) is 21.0. The van der Waals surface area contributed by atoms with Gasteiger partial charge in [-0.25, -0.2) is 22.9 Å². The lowest BCUT2D eigenvalue weighted by Crippen LogP contribution is -2.56. The second-order valence-electron chi connectivity index (χ2n) is 16.4. The quantitative estimate of drug-likeness (QED) is 0.249. The van der Waals surface area contributed by atoms with E-state index in [4.69, 9.17) is 30.2 Å². The highest BCUT2D eigenvalue weighted by Gasteiger charge is 2.56. The van der Waals surface area contributed by atoms with Crippen molar-refractivity contribution in [1.82, 2.24) is 9.71 Å². The number of carbonyl (C=O) groups is 2. The van der Waals surface area contributed by atoms with Crippen LogP contribution in [0, 0.1) is 35.5 Å². The smallest absolute Gasteiger partial charge is 0.360 e. The number of methoxy groups -OCH3 is 2. The van der Waals surface area contributed by atoms with Gasteiger partial charge in [0, 0.05) is 41.6 Å². The summed E-state index contributed by atoms with van der Waals surface area (Å²) >= 11 is 6.58. The Morgan fingerprint density at radius 3 is 2.72 bits per heavy atom. The molecule has 7 atom stereocenters. The summed E-state index contributed by atoms with van der Waals surface area (Å²) in [5.41, 5.74) is 1.17. The largest absolute Gasteiger partial charge is 0.491 e. The Morgan fingerprint density at radius 2 is 2.00 bits per heavy atom. The molecule has 7 rings (SSSR count). The molecular weight excluding hydrogens is 730 g/mol. The van der Waals surface area contributed by atoms with Crippen molar-refractivity contribution in [3.63, 3.8) is 0 Å². The Kier molecular flexibility index (Phi) is 10.4. The molecule has 1 unspecified atom stereocenters. The molecule has 292 valence electrons. The number of oxazole rings is 1. The van der Waals surface area contributed by atoms with Gasteiger partial charge in [-0.05, 0) is 101 Å². The van der Waals surface area contributed by atoms with Crippen LogP contribution in [0.15, 0.2) is 57.5 Å². The number of rotatable bonds is 4. The van der Waals surface area contributed by atoms with Crippen molar-refractivity contribution in [2.24, 2.45) is 28.6 Å². The maximum atomic E-state index is 13.7. The number of anilines is 1. The average molecular weight is 782 g/mol. The number of fused-ring (bicyclic) bond motifs is 4. The lowest BCUT2D eigenvalue weighted by atomic mass is 9.52. The molecule has 1 amide bonds. The van der Waals surface area contributed by atoms with Gasteiger partial charge in [-0.15, -0.1) is 0 Å². The molecule has 1 aromatic heterocycles. The number of esters is 1. The van der Waals surface area contributed by atoms with E-state index in [0.717, 1.165) is 49.2 Å². The Bertz CT molecular complexity index is 2020. The zero-order valence-electron chi connectivity index (χ0n) is 32.1. The summed E-state index contributed by atoms with van der Waals surface area (Å²) < 4.78 is 53.8. The molecule has 0 radical (unpaired) electrons. The van der Waals surface area contributed by atoms with Gasteiger partial charge < -0.3 is 23.5 Å². The number of hydrogen-bond acceptors (Lipinski definition) is 10. The van der Waals surface area contributed by atoms with E-state index in [0.29, 0.717) is 43.5 Å². The Balaban J connectivity index is 1.33. The summed E-state index contributed by atoms with van der Waals surface area (Å²) in [5.74, 6) is 0.0425. The number of allylic oxidation sites excluding steroid dienone is 5. The molecule has 13 heteroatoms. The van der Waals surface area contributed by atoms with Gasteiger partial charge in [0.15, 0.2) is 11.6 Å². The zero-order chi connectivity index (χ0) is 38.6. The van der Waals surface area contributed by atoms with Gasteiger partial charge in [0.25, 0.3) is 5.91 Å². The van der Waals surface area contributed by atoms with E-state index < -0.39 is 32.8 Å². The van der Waals surface area contributed by atoms with E-state index in [2.05, 4.69) is 33.7 Å². The van der Waals surface area contributed by atoms with Crippen LogP contribution in [0.5, 0.6) is 5.75 Å². The lowest BCUT2D eigenvalue weighted by molar-refractivity contribution is -0.0783. The minimum atomic E-state index is -4.03. The van der Waals surface area contributed by atoms with Crippen molar-refractivity contribution in [3.05, 3.63) is 76.0 Å². The van der Waals surface area contributed by atoms with E-state index in [9.17, 15) is 18.0 Å². The first-order chi connectivity index (χ1) is 25.6. The summed E-state index contributed by atoms with van der Waals surface area (Å²) in [5, 5.41) is -0.0878. The molecule has 54 heavy (non-hydrogen) atoms. The number of halogens is 1. The SMILES string of the molecule is COC(=O)c1nc(C[C@]2(OC)/C=C/C[C@H](C)[C@@H](C)S(=O)(=O)NC(=O)c3ccc4c(c3)N(C[C@@H]3CC[C@H]32)C[C@@]2(CCCC3=CC(Cl)=CCC32C)CO4)oc1C. The van der Waals surface area contributed by atoms with Gasteiger partial charge in [-0.3, -0.25) is 4.79 Å². The molecule has 2 fully saturated rings. The molecular formula is C41H52ClN3O8S. The van der Waals surface area contributed by atoms with Crippen LogP contribution >= 0.6 is 11.6 Å². The summed E-state index contributed by atoms with van der Waals surface area (Å²) in [6.07, 6.45) is 14.6. The Morgan fingerprint density at radius 1 is 1.20 bits per heavy atom. The second-order valence-corrected chi connectivity index (χ2v) is 18.8. The first-order valence-electron chi connectivity index (χ1n) is 19.1. The van der Waals surface area contributed by atoms with Crippen LogP contribution in [0.25, 0.3) is 0 Å². The number of hydrogen-bond donors (Lipinski definition) is 1. The van der Waals surface area contributed by atoms with Crippen molar-refractivity contribution >= 4 is 39.2 Å². The number of nitrogens with zero attached hydrogens (tertiary/aromatic N) is 2. The van der Waals surface area contributed by atoms with Crippen LogP contribution < -0.4 is 14.4 Å². The normalized spacial score (nSPS) is 34.1. The van der Waals surface area contributed by atoms with E-state index in [1.165, 1.54) is 12.7 Å². The predicted molar refractivity (Wildman–Crippen MR) is 206 cm³/mol. The summed E-state index contributed by atoms with van der Waals surface area (Å²) in [6.45, 7) is 9.35. The van der Waals surface area contributed by atoms with Crippen molar-refractivity contribution < 1.29 is 36.6 Å².